The van der Waals surface area contributed by atoms with E-state index in [9.17, 15) is 9.59 Å². The van der Waals surface area contributed by atoms with Crippen LogP contribution < -0.4 is 5.32 Å². The lowest BCUT2D eigenvalue weighted by Gasteiger charge is -2.39. The molecule has 1 aromatic rings. The second kappa shape index (κ2) is 6.55. The number of amides is 3. The number of urea groups is 1. The van der Waals surface area contributed by atoms with E-state index in [-0.39, 0.29) is 17.9 Å². The molecule has 2 aliphatic heterocycles. The summed E-state index contributed by atoms with van der Waals surface area (Å²) < 4.78 is 0. The van der Waals surface area contributed by atoms with E-state index in [0.717, 1.165) is 32.5 Å². The van der Waals surface area contributed by atoms with Gasteiger partial charge in [-0.25, -0.2) is 4.79 Å². The van der Waals surface area contributed by atoms with Gasteiger partial charge in [0.05, 0.1) is 0 Å². The molecule has 0 radical (unpaired) electrons. The largest absolute Gasteiger partial charge is 0.325 e. The highest BCUT2D eigenvalue weighted by molar-refractivity contribution is 6.07. The van der Waals surface area contributed by atoms with Crippen molar-refractivity contribution in [3.8, 4) is 0 Å². The maximum atomic E-state index is 12.7. The predicted molar refractivity (Wildman–Crippen MR) is 93.5 cm³/mol. The zero-order valence-corrected chi connectivity index (χ0v) is 14.8. The monoisotopic (exact) mass is 329 g/mol. The summed E-state index contributed by atoms with van der Waals surface area (Å²) in [5, 5.41) is 2.95. The minimum Gasteiger partial charge on any atom is -0.323 e. The van der Waals surface area contributed by atoms with Gasteiger partial charge in [0.15, 0.2) is 0 Å². The third-order valence-corrected chi connectivity index (χ3v) is 5.47. The van der Waals surface area contributed by atoms with Crippen LogP contribution in [0, 0.1) is 12.8 Å². The van der Waals surface area contributed by atoms with E-state index < -0.39 is 5.54 Å². The van der Waals surface area contributed by atoms with E-state index in [1.165, 1.54) is 16.0 Å². The fourth-order valence-electron chi connectivity index (χ4n) is 3.90. The lowest BCUT2D eigenvalue weighted by atomic mass is 9.80. The summed E-state index contributed by atoms with van der Waals surface area (Å²) >= 11 is 0. The predicted octanol–water partition coefficient (Wildman–Crippen LogP) is 2.54. The van der Waals surface area contributed by atoms with Crippen molar-refractivity contribution in [2.45, 2.75) is 45.7 Å². The van der Waals surface area contributed by atoms with Crippen molar-refractivity contribution >= 4 is 11.9 Å². The molecule has 0 unspecified atom stereocenters. The zero-order valence-electron chi connectivity index (χ0n) is 14.8. The Bertz CT molecular complexity index is 628. The van der Waals surface area contributed by atoms with Gasteiger partial charge in [0.1, 0.15) is 5.54 Å². The molecule has 0 bridgehead atoms. The van der Waals surface area contributed by atoms with Gasteiger partial charge in [0.25, 0.3) is 5.91 Å². The van der Waals surface area contributed by atoms with Gasteiger partial charge < -0.3 is 5.32 Å². The van der Waals surface area contributed by atoms with Crippen LogP contribution in [-0.4, -0.2) is 46.9 Å². The fourth-order valence-corrected chi connectivity index (χ4v) is 3.90. The van der Waals surface area contributed by atoms with Gasteiger partial charge in [0.2, 0.25) is 0 Å². The van der Waals surface area contributed by atoms with E-state index in [0.29, 0.717) is 6.54 Å². The molecule has 24 heavy (non-hydrogen) atoms. The fraction of sp³-hybridized carbons (Fsp3) is 0.579. The summed E-state index contributed by atoms with van der Waals surface area (Å²) in [6, 6.07) is 8.36. The van der Waals surface area contributed by atoms with Crippen molar-refractivity contribution in [3.63, 3.8) is 0 Å². The van der Waals surface area contributed by atoms with Crippen molar-refractivity contribution < 1.29 is 9.59 Å². The topological polar surface area (TPSA) is 52.7 Å². The number of hydrogen-bond donors (Lipinski definition) is 1. The highest BCUT2D eigenvalue weighted by atomic mass is 16.2. The Labute approximate surface area is 144 Å². The van der Waals surface area contributed by atoms with Gasteiger partial charge in [-0.15, -0.1) is 0 Å². The summed E-state index contributed by atoms with van der Waals surface area (Å²) in [7, 11) is 0. The number of aryl methyl sites for hydroxylation is 1. The summed E-state index contributed by atoms with van der Waals surface area (Å²) in [6.45, 7) is 9.03. The van der Waals surface area contributed by atoms with Gasteiger partial charge in [-0.2, -0.15) is 0 Å². The summed E-state index contributed by atoms with van der Waals surface area (Å²) in [6.07, 6.45) is 2.03. The lowest BCUT2D eigenvalue weighted by molar-refractivity contribution is -0.133. The Hall–Kier alpha value is -1.88. The Morgan fingerprint density at radius 3 is 2.58 bits per heavy atom. The van der Waals surface area contributed by atoms with Crippen LogP contribution in [0.15, 0.2) is 24.3 Å². The van der Waals surface area contributed by atoms with E-state index >= 15 is 0 Å². The molecule has 3 rings (SSSR count). The number of rotatable bonds is 4. The van der Waals surface area contributed by atoms with E-state index in [1.54, 1.807) is 0 Å². The van der Waals surface area contributed by atoms with Crippen molar-refractivity contribution in [2.24, 2.45) is 5.92 Å². The molecular weight excluding hydrogens is 302 g/mol. The number of benzene rings is 1. The van der Waals surface area contributed by atoms with Crippen LogP contribution in [0.5, 0.6) is 0 Å². The maximum Gasteiger partial charge on any atom is 0.325 e. The molecule has 2 fully saturated rings. The average Bonchev–Trinajstić information content (AvgIpc) is 2.80. The molecule has 2 aliphatic rings. The van der Waals surface area contributed by atoms with Crippen molar-refractivity contribution in [1.82, 2.24) is 15.1 Å². The summed E-state index contributed by atoms with van der Waals surface area (Å²) in [5.41, 5.74) is 1.80. The normalized spacial score (nSPS) is 28.3. The van der Waals surface area contributed by atoms with Crippen LogP contribution in [-0.2, 0) is 11.3 Å². The third kappa shape index (κ3) is 3.05. The van der Waals surface area contributed by atoms with Crippen LogP contribution in [0.25, 0.3) is 0 Å². The van der Waals surface area contributed by atoms with Crippen LogP contribution in [0.1, 0.15) is 37.8 Å². The first kappa shape index (κ1) is 17.0. The molecule has 5 nitrogen and oxygen atoms in total. The molecule has 2 saturated heterocycles. The number of likely N-dealkylation sites (tertiary alicyclic amines) is 1. The standard InChI is InChI=1S/C19H27N3O2/c1-4-22-17(23)19(3,20-18(22)24)16-6-5-11-21(13-16)12-15-9-7-14(2)8-10-15/h7-10,16H,4-6,11-13H2,1-3H3,(H,20,24)/t16-,19-/m1/s1. The van der Waals surface area contributed by atoms with Crippen molar-refractivity contribution in [2.75, 3.05) is 19.6 Å². The summed E-state index contributed by atoms with van der Waals surface area (Å²) in [5.74, 6) is 0.0851. The molecule has 1 N–H and O–H groups in total. The Balaban J connectivity index is 1.70. The Morgan fingerprint density at radius 1 is 1.25 bits per heavy atom. The first-order chi connectivity index (χ1) is 11.4. The molecule has 0 spiro atoms. The number of carbonyl (C=O) groups excluding carboxylic acids is 2. The van der Waals surface area contributed by atoms with Gasteiger partial charge in [-0.1, -0.05) is 29.8 Å². The molecule has 130 valence electrons. The number of imide groups is 1. The van der Waals surface area contributed by atoms with Crippen LogP contribution in [0.4, 0.5) is 4.79 Å². The van der Waals surface area contributed by atoms with Gasteiger partial charge in [-0.05, 0) is 45.7 Å². The second-order valence-electron chi connectivity index (χ2n) is 7.24. The SMILES string of the molecule is CCN1C(=O)N[C@](C)([C@@H]2CCCN(Cc3ccc(C)cc3)C2)C1=O. The number of likely N-dealkylation sites (N-methyl/N-ethyl adjacent to an activating group) is 1. The maximum absolute atomic E-state index is 12.7. The Morgan fingerprint density at radius 2 is 1.96 bits per heavy atom. The third-order valence-electron chi connectivity index (χ3n) is 5.47. The molecular formula is C19H27N3O2. The first-order valence-electron chi connectivity index (χ1n) is 8.86. The second-order valence-corrected chi connectivity index (χ2v) is 7.24. The van der Waals surface area contributed by atoms with Crippen LogP contribution >= 0.6 is 0 Å². The molecule has 2 heterocycles. The van der Waals surface area contributed by atoms with E-state index in [2.05, 4.69) is 41.4 Å². The Kier molecular flexibility index (Phi) is 4.63. The zero-order chi connectivity index (χ0) is 17.3. The van der Waals surface area contributed by atoms with Crippen LogP contribution in [0.2, 0.25) is 0 Å². The molecule has 5 heteroatoms. The molecule has 0 aliphatic carbocycles. The molecule has 0 saturated carbocycles. The van der Waals surface area contributed by atoms with E-state index in [1.807, 2.05) is 13.8 Å². The van der Waals surface area contributed by atoms with Crippen molar-refractivity contribution in [3.05, 3.63) is 35.4 Å². The quantitative estimate of drug-likeness (QED) is 0.864. The number of piperidine rings is 1. The lowest BCUT2D eigenvalue weighted by Crippen LogP contribution is -2.55. The summed E-state index contributed by atoms with van der Waals surface area (Å²) in [4.78, 5) is 28.5. The number of nitrogens with zero attached hydrogens (tertiary/aromatic N) is 2. The number of nitrogens with one attached hydrogen (secondary N) is 1. The van der Waals surface area contributed by atoms with Crippen molar-refractivity contribution in [1.29, 1.82) is 0 Å². The highest BCUT2D eigenvalue weighted by Gasteiger charge is 2.52. The first-order valence-corrected chi connectivity index (χ1v) is 8.86. The molecule has 1 aromatic carbocycles. The van der Waals surface area contributed by atoms with E-state index in [4.69, 9.17) is 0 Å². The highest BCUT2D eigenvalue weighted by Crippen LogP contribution is 2.32. The van der Waals surface area contributed by atoms with Gasteiger partial charge in [0, 0.05) is 25.6 Å². The molecule has 0 aromatic heterocycles. The minimum absolute atomic E-state index is 0.0721. The van der Waals surface area contributed by atoms with Crippen LogP contribution in [0.3, 0.4) is 0 Å². The minimum atomic E-state index is -0.765. The number of hydrogen-bond acceptors (Lipinski definition) is 3. The van der Waals surface area contributed by atoms with Gasteiger partial charge >= 0.3 is 6.03 Å². The average molecular weight is 329 g/mol. The molecule has 2 atom stereocenters. The molecule has 3 amide bonds. The number of carbonyl (C=O) groups is 2. The van der Waals surface area contributed by atoms with Gasteiger partial charge in [-0.3, -0.25) is 14.6 Å². The smallest absolute Gasteiger partial charge is 0.323 e.